The Balaban J connectivity index is 1.89. The quantitative estimate of drug-likeness (QED) is 0.735. The van der Waals surface area contributed by atoms with Gasteiger partial charge in [0.25, 0.3) is 0 Å². The summed E-state index contributed by atoms with van der Waals surface area (Å²) >= 11 is 0. The van der Waals surface area contributed by atoms with Crippen LogP contribution >= 0.6 is 0 Å². The van der Waals surface area contributed by atoms with Crippen LogP contribution in [0.4, 0.5) is 0 Å². The zero-order valence-corrected chi connectivity index (χ0v) is 13.5. The first-order valence-electron chi connectivity index (χ1n) is 7.83. The highest BCUT2D eigenvalue weighted by molar-refractivity contribution is 7.89. The van der Waals surface area contributed by atoms with Crippen LogP contribution in [-0.2, 0) is 14.8 Å². The summed E-state index contributed by atoms with van der Waals surface area (Å²) in [6.07, 6.45) is 5.59. The molecule has 1 aliphatic heterocycles. The lowest BCUT2D eigenvalue weighted by atomic mass is 10.1. The third-order valence-corrected chi connectivity index (χ3v) is 5.76. The van der Waals surface area contributed by atoms with Crippen LogP contribution in [0.3, 0.4) is 0 Å². The summed E-state index contributed by atoms with van der Waals surface area (Å²) in [4.78, 5) is 0. The van der Waals surface area contributed by atoms with Crippen molar-refractivity contribution in [3.05, 3.63) is 0 Å². The van der Waals surface area contributed by atoms with Gasteiger partial charge < -0.3 is 10.1 Å². The lowest BCUT2D eigenvalue weighted by Crippen LogP contribution is -2.47. The van der Waals surface area contributed by atoms with E-state index < -0.39 is 10.0 Å². The average Bonchev–Trinajstić information content (AvgIpc) is 3.20. The first-order chi connectivity index (χ1) is 9.49. The summed E-state index contributed by atoms with van der Waals surface area (Å²) in [6.45, 7) is 5.80. The Morgan fingerprint density at radius 2 is 2.00 bits per heavy atom. The van der Waals surface area contributed by atoms with Crippen molar-refractivity contribution in [3.63, 3.8) is 0 Å². The molecule has 0 radical (unpaired) electrons. The second-order valence-electron chi connectivity index (χ2n) is 6.18. The van der Waals surface area contributed by atoms with Gasteiger partial charge in [-0.1, -0.05) is 6.42 Å². The standard InChI is InChI=1S/C14H28N2O3S/c1-12(2)19-9-10-20(17,18)16(14-6-7-14)11-13-5-3-4-8-15-13/h12-15H,3-11H2,1-2H3. The fourth-order valence-corrected chi connectivity index (χ4v) is 4.27. The molecule has 0 aromatic heterocycles. The molecule has 1 aliphatic carbocycles. The third kappa shape index (κ3) is 4.98. The molecule has 2 aliphatic rings. The number of hydrogen-bond acceptors (Lipinski definition) is 4. The van der Waals surface area contributed by atoms with E-state index in [1.807, 2.05) is 13.8 Å². The molecular formula is C14H28N2O3S. The molecule has 1 saturated carbocycles. The number of hydrogen-bond donors (Lipinski definition) is 1. The normalized spacial score (nSPS) is 24.5. The molecule has 1 saturated heterocycles. The van der Waals surface area contributed by atoms with Gasteiger partial charge in [0.1, 0.15) is 0 Å². The molecule has 0 spiro atoms. The summed E-state index contributed by atoms with van der Waals surface area (Å²) < 4.78 is 32.1. The van der Waals surface area contributed by atoms with Gasteiger partial charge in [-0.05, 0) is 46.1 Å². The average molecular weight is 304 g/mol. The predicted molar refractivity (Wildman–Crippen MR) is 80.2 cm³/mol. The van der Waals surface area contributed by atoms with Gasteiger partial charge in [-0.15, -0.1) is 0 Å². The van der Waals surface area contributed by atoms with Gasteiger partial charge in [0.05, 0.1) is 18.5 Å². The predicted octanol–water partition coefficient (Wildman–Crippen LogP) is 1.35. The van der Waals surface area contributed by atoms with Crippen molar-refractivity contribution < 1.29 is 13.2 Å². The van der Waals surface area contributed by atoms with Crippen LogP contribution < -0.4 is 5.32 Å². The lowest BCUT2D eigenvalue weighted by Gasteiger charge is -2.30. The van der Waals surface area contributed by atoms with Crippen molar-refractivity contribution in [2.75, 3.05) is 25.4 Å². The molecule has 20 heavy (non-hydrogen) atoms. The summed E-state index contributed by atoms with van der Waals surface area (Å²) in [6, 6.07) is 0.563. The summed E-state index contributed by atoms with van der Waals surface area (Å²) in [5.74, 6) is 0.106. The zero-order chi connectivity index (χ0) is 14.6. The van der Waals surface area contributed by atoms with Crippen molar-refractivity contribution in [3.8, 4) is 0 Å². The molecular weight excluding hydrogens is 276 g/mol. The number of rotatable bonds is 8. The van der Waals surface area contributed by atoms with Crippen LogP contribution in [0.15, 0.2) is 0 Å². The van der Waals surface area contributed by atoms with E-state index in [1.165, 1.54) is 12.8 Å². The molecule has 5 nitrogen and oxygen atoms in total. The van der Waals surface area contributed by atoms with Gasteiger partial charge >= 0.3 is 0 Å². The molecule has 1 unspecified atom stereocenters. The van der Waals surface area contributed by atoms with Crippen molar-refractivity contribution in [1.29, 1.82) is 0 Å². The fourth-order valence-electron chi connectivity index (χ4n) is 2.66. The van der Waals surface area contributed by atoms with Crippen LogP contribution in [0.1, 0.15) is 46.0 Å². The van der Waals surface area contributed by atoms with Crippen LogP contribution in [0.5, 0.6) is 0 Å². The largest absolute Gasteiger partial charge is 0.378 e. The summed E-state index contributed by atoms with van der Waals surface area (Å²) in [5.41, 5.74) is 0. The second kappa shape index (κ2) is 7.20. The number of sulfonamides is 1. The zero-order valence-electron chi connectivity index (χ0n) is 12.7. The van der Waals surface area contributed by atoms with Crippen LogP contribution in [0.2, 0.25) is 0 Å². The van der Waals surface area contributed by atoms with E-state index in [-0.39, 0.29) is 17.9 Å². The van der Waals surface area contributed by atoms with E-state index >= 15 is 0 Å². The Labute approximate surface area is 123 Å². The van der Waals surface area contributed by atoms with Gasteiger partial charge in [-0.2, -0.15) is 4.31 Å². The summed E-state index contributed by atoms with van der Waals surface area (Å²) in [5, 5.41) is 3.44. The van der Waals surface area contributed by atoms with E-state index in [9.17, 15) is 8.42 Å². The topological polar surface area (TPSA) is 58.6 Å². The Hall–Kier alpha value is -0.170. The molecule has 0 aromatic carbocycles. The van der Waals surface area contributed by atoms with E-state index in [0.29, 0.717) is 19.2 Å². The van der Waals surface area contributed by atoms with Crippen molar-refractivity contribution in [1.82, 2.24) is 9.62 Å². The maximum Gasteiger partial charge on any atom is 0.216 e. The molecule has 2 rings (SSSR count). The first kappa shape index (κ1) is 16.2. The van der Waals surface area contributed by atoms with Crippen LogP contribution in [-0.4, -0.2) is 56.4 Å². The molecule has 0 amide bonds. The van der Waals surface area contributed by atoms with Crippen LogP contribution in [0.25, 0.3) is 0 Å². The minimum atomic E-state index is -3.19. The number of piperidine rings is 1. The molecule has 1 N–H and O–H groups in total. The minimum absolute atomic E-state index is 0.0830. The number of nitrogens with one attached hydrogen (secondary N) is 1. The number of nitrogens with zero attached hydrogens (tertiary/aromatic N) is 1. The SMILES string of the molecule is CC(C)OCCS(=O)(=O)N(CC1CCCCN1)C1CC1. The van der Waals surface area contributed by atoms with Gasteiger partial charge in [-0.25, -0.2) is 8.42 Å². The minimum Gasteiger partial charge on any atom is -0.378 e. The van der Waals surface area contributed by atoms with Gasteiger partial charge in [0.2, 0.25) is 10.0 Å². The van der Waals surface area contributed by atoms with E-state index in [1.54, 1.807) is 4.31 Å². The molecule has 0 aromatic rings. The Kier molecular flexibility index (Phi) is 5.84. The first-order valence-corrected chi connectivity index (χ1v) is 9.44. The smallest absolute Gasteiger partial charge is 0.216 e. The molecule has 2 fully saturated rings. The third-order valence-electron chi connectivity index (χ3n) is 3.92. The Bertz CT molecular complexity index is 387. The van der Waals surface area contributed by atoms with E-state index in [4.69, 9.17) is 4.74 Å². The molecule has 6 heteroatoms. The molecule has 1 atom stereocenters. The molecule has 0 bridgehead atoms. The maximum absolute atomic E-state index is 12.5. The highest BCUT2D eigenvalue weighted by atomic mass is 32.2. The van der Waals surface area contributed by atoms with Crippen molar-refractivity contribution in [2.24, 2.45) is 0 Å². The lowest BCUT2D eigenvalue weighted by molar-refractivity contribution is 0.0905. The van der Waals surface area contributed by atoms with Gasteiger partial charge in [-0.3, -0.25) is 0 Å². The molecule has 118 valence electrons. The Morgan fingerprint density at radius 3 is 2.55 bits per heavy atom. The highest BCUT2D eigenvalue weighted by Gasteiger charge is 2.38. The fraction of sp³-hybridized carbons (Fsp3) is 1.00. The maximum atomic E-state index is 12.5. The summed E-state index contributed by atoms with van der Waals surface area (Å²) in [7, 11) is -3.19. The van der Waals surface area contributed by atoms with Crippen LogP contribution in [0, 0.1) is 0 Å². The van der Waals surface area contributed by atoms with E-state index in [2.05, 4.69) is 5.32 Å². The molecule has 1 heterocycles. The van der Waals surface area contributed by atoms with E-state index in [0.717, 1.165) is 25.8 Å². The number of ether oxygens (including phenoxy) is 1. The monoisotopic (exact) mass is 304 g/mol. The second-order valence-corrected chi connectivity index (χ2v) is 8.22. The highest BCUT2D eigenvalue weighted by Crippen LogP contribution is 2.30. The van der Waals surface area contributed by atoms with Gasteiger partial charge in [0.15, 0.2) is 0 Å². The van der Waals surface area contributed by atoms with Crippen molar-refractivity contribution >= 4 is 10.0 Å². The van der Waals surface area contributed by atoms with Gasteiger partial charge in [0, 0.05) is 18.6 Å². The van der Waals surface area contributed by atoms with Crippen molar-refractivity contribution in [2.45, 2.75) is 64.1 Å². The Morgan fingerprint density at radius 1 is 1.25 bits per heavy atom.